The number of benzene rings is 7. The van der Waals surface area contributed by atoms with Gasteiger partial charge < -0.3 is 13.4 Å². The number of para-hydroxylation sites is 3. The van der Waals surface area contributed by atoms with Gasteiger partial charge in [0.25, 0.3) is 0 Å². The second kappa shape index (κ2) is 8.87. The Labute approximate surface area is 266 Å². The van der Waals surface area contributed by atoms with E-state index in [1.807, 2.05) is 23.5 Å². The van der Waals surface area contributed by atoms with E-state index in [0.29, 0.717) is 0 Å². The molecule has 4 heteroatoms. The molecule has 0 aliphatic heterocycles. The smallest absolute Gasteiger partial charge is 0.159 e. The van der Waals surface area contributed by atoms with Gasteiger partial charge in [-0.3, -0.25) is 0 Å². The van der Waals surface area contributed by atoms with Gasteiger partial charge in [0.15, 0.2) is 5.58 Å². The van der Waals surface area contributed by atoms with Crippen LogP contribution < -0.4 is 0 Å². The molecule has 11 aromatic rings. The van der Waals surface area contributed by atoms with Gasteiger partial charge in [0.2, 0.25) is 0 Å². The van der Waals surface area contributed by atoms with Gasteiger partial charge >= 0.3 is 0 Å². The summed E-state index contributed by atoms with van der Waals surface area (Å²) in [5.41, 5.74) is 9.23. The van der Waals surface area contributed by atoms with Gasteiger partial charge in [-0.15, -0.1) is 11.3 Å². The van der Waals surface area contributed by atoms with Crippen LogP contribution in [0.15, 0.2) is 148 Å². The molecule has 0 N–H and O–H groups in total. The lowest BCUT2D eigenvalue weighted by molar-refractivity contribution is 0.666. The van der Waals surface area contributed by atoms with Gasteiger partial charge in [-0.25, -0.2) is 0 Å². The third-order valence-electron chi connectivity index (χ3n) is 9.61. The Morgan fingerprint density at radius 1 is 0.478 bits per heavy atom. The molecule has 214 valence electrons. The quantitative estimate of drug-likeness (QED) is 0.196. The maximum absolute atomic E-state index is 6.88. The molecule has 7 aromatic carbocycles. The molecule has 4 aromatic heterocycles. The lowest BCUT2D eigenvalue weighted by Gasteiger charge is -2.09. The van der Waals surface area contributed by atoms with Crippen LogP contribution in [0.3, 0.4) is 0 Å². The maximum atomic E-state index is 6.88. The number of rotatable bonds is 2. The van der Waals surface area contributed by atoms with Crippen LogP contribution in [0.2, 0.25) is 0 Å². The van der Waals surface area contributed by atoms with Crippen LogP contribution in [-0.2, 0) is 0 Å². The highest BCUT2D eigenvalue weighted by atomic mass is 32.1. The minimum Gasteiger partial charge on any atom is -0.456 e. The van der Waals surface area contributed by atoms with Gasteiger partial charge in [0, 0.05) is 47.1 Å². The van der Waals surface area contributed by atoms with Crippen molar-refractivity contribution in [2.45, 2.75) is 0 Å². The van der Waals surface area contributed by atoms with E-state index >= 15 is 0 Å². The maximum Gasteiger partial charge on any atom is 0.159 e. The van der Waals surface area contributed by atoms with Gasteiger partial charge in [0.1, 0.15) is 16.7 Å². The van der Waals surface area contributed by atoms with E-state index in [1.165, 1.54) is 36.5 Å². The number of aromatic nitrogens is 1. The summed E-state index contributed by atoms with van der Waals surface area (Å²) in [6.45, 7) is 0. The van der Waals surface area contributed by atoms with Crippen molar-refractivity contribution in [1.82, 2.24) is 4.57 Å². The monoisotopic (exact) mass is 605 g/mol. The molecule has 0 radical (unpaired) electrons. The van der Waals surface area contributed by atoms with E-state index in [0.717, 1.165) is 66.2 Å². The lowest BCUT2D eigenvalue weighted by atomic mass is 10.0. The third kappa shape index (κ3) is 3.16. The third-order valence-corrected chi connectivity index (χ3v) is 10.8. The second-order valence-corrected chi connectivity index (χ2v) is 13.1. The van der Waals surface area contributed by atoms with Crippen molar-refractivity contribution in [2.75, 3.05) is 0 Å². The van der Waals surface area contributed by atoms with Crippen molar-refractivity contribution in [3.8, 4) is 16.8 Å². The van der Waals surface area contributed by atoms with Crippen LogP contribution in [-0.4, -0.2) is 4.57 Å². The summed E-state index contributed by atoms with van der Waals surface area (Å²) >= 11 is 1.86. The van der Waals surface area contributed by atoms with E-state index < -0.39 is 0 Å². The summed E-state index contributed by atoms with van der Waals surface area (Å²) in [6.07, 6.45) is 0. The van der Waals surface area contributed by atoms with Crippen molar-refractivity contribution < 1.29 is 8.83 Å². The van der Waals surface area contributed by atoms with Crippen LogP contribution in [0.4, 0.5) is 0 Å². The van der Waals surface area contributed by atoms with Crippen LogP contribution in [0.1, 0.15) is 0 Å². The average molecular weight is 606 g/mol. The van der Waals surface area contributed by atoms with Crippen molar-refractivity contribution in [3.63, 3.8) is 0 Å². The van der Waals surface area contributed by atoms with E-state index in [9.17, 15) is 0 Å². The van der Waals surface area contributed by atoms with E-state index in [4.69, 9.17) is 8.83 Å². The first kappa shape index (κ1) is 24.5. The molecule has 0 aliphatic carbocycles. The largest absolute Gasteiger partial charge is 0.456 e. The van der Waals surface area contributed by atoms with Crippen molar-refractivity contribution in [3.05, 3.63) is 140 Å². The molecule has 46 heavy (non-hydrogen) atoms. The zero-order chi connectivity index (χ0) is 29.9. The number of nitrogens with zero attached hydrogens (tertiary/aromatic N) is 1. The molecule has 0 saturated carbocycles. The molecule has 11 rings (SSSR count). The molecule has 4 heterocycles. The summed E-state index contributed by atoms with van der Waals surface area (Å²) in [5.74, 6) is 0. The number of thiophene rings is 1. The zero-order valence-electron chi connectivity index (χ0n) is 24.5. The number of hydrogen-bond acceptors (Lipinski definition) is 3. The highest BCUT2D eigenvalue weighted by Crippen LogP contribution is 2.44. The second-order valence-electron chi connectivity index (χ2n) is 12.0. The molecule has 0 fully saturated rings. The summed E-state index contributed by atoms with van der Waals surface area (Å²) in [4.78, 5) is 0. The van der Waals surface area contributed by atoms with Crippen molar-refractivity contribution in [2.24, 2.45) is 0 Å². The Hall–Kier alpha value is -5.84. The molecule has 0 atom stereocenters. The number of hydrogen-bond donors (Lipinski definition) is 0. The fourth-order valence-corrected chi connectivity index (χ4v) is 8.86. The molecule has 0 aliphatic rings. The van der Waals surface area contributed by atoms with E-state index in [-0.39, 0.29) is 0 Å². The summed E-state index contributed by atoms with van der Waals surface area (Å²) in [6, 6.07) is 49.7. The van der Waals surface area contributed by atoms with Crippen LogP contribution in [0, 0.1) is 0 Å². The fraction of sp³-hybridized carbons (Fsp3) is 0. The number of furan rings is 2. The standard InChI is InChI=1S/C42H23NO2S/c1-4-15-33-26(9-1)29-21-22-36-39(32-11-2-5-17-35(32)44-36)40(29)43(33)34-16-8-13-30-27-20-19-24(23-37(27)45-41(30)34)25-12-7-14-31-28-10-3-6-18-38(28)46-42(25)31/h1-23H. The molecule has 0 bridgehead atoms. The molecule has 3 nitrogen and oxygen atoms in total. The van der Waals surface area contributed by atoms with E-state index in [1.54, 1.807) is 0 Å². The predicted molar refractivity (Wildman–Crippen MR) is 194 cm³/mol. The number of fused-ring (bicyclic) bond motifs is 13. The fourth-order valence-electron chi connectivity index (χ4n) is 7.62. The lowest BCUT2D eigenvalue weighted by Crippen LogP contribution is -1.94. The van der Waals surface area contributed by atoms with Gasteiger partial charge in [-0.05, 0) is 59.7 Å². The Kier molecular flexibility index (Phi) is 4.72. The van der Waals surface area contributed by atoms with Crippen molar-refractivity contribution >= 4 is 97.2 Å². The highest BCUT2D eigenvalue weighted by molar-refractivity contribution is 7.26. The average Bonchev–Trinajstić information content (AvgIpc) is 3.86. The first-order chi connectivity index (χ1) is 22.8. The Morgan fingerprint density at radius 2 is 1.24 bits per heavy atom. The first-order valence-electron chi connectivity index (χ1n) is 15.5. The topological polar surface area (TPSA) is 31.2 Å². The zero-order valence-corrected chi connectivity index (χ0v) is 25.3. The Morgan fingerprint density at radius 3 is 2.20 bits per heavy atom. The summed E-state index contributed by atoms with van der Waals surface area (Å²) < 4.78 is 18.2. The minimum absolute atomic E-state index is 0.877. The first-order valence-corrected chi connectivity index (χ1v) is 16.3. The predicted octanol–water partition coefficient (Wildman–Crippen LogP) is 12.6. The molecule has 0 amide bonds. The SMILES string of the molecule is c1ccc2c(c1)oc1ccc3c4ccccc4n(-c4cccc5c4oc4cc(-c6cccc7c6sc6ccccc67)ccc45)c3c12. The summed E-state index contributed by atoms with van der Waals surface area (Å²) in [5, 5.41) is 9.47. The highest BCUT2D eigenvalue weighted by Gasteiger charge is 2.22. The Bertz CT molecular complexity index is 3040. The van der Waals surface area contributed by atoms with Crippen LogP contribution in [0.5, 0.6) is 0 Å². The van der Waals surface area contributed by atoms with Crippen molar-refractivity contribution in [1.29, 1.82) is 0 Å². The van der Waals surface area contributed by atoms with Gasteiger partial charge in [0.05, 0.1) is 22.1 Å². The van der Waals surface area contributed by atoms with Crippen LogP contribution >= 0.6 is 11.3 Å². The minimum atomic E-state index is 0.877. The molecule has 0 spiro atoms. The van der Waals surface area contributed by atoms with Gasteiger partial charge in [-0.1, -0.05) is 91.0 Å². The van der Waals surface area contributed by atoms with E-state index in [2.05, 4.69) is 132 Å². The molecule has 0 saturated heterocycles. The Balaban J connectivity index is 1.21. The van der Waals surface area contributed by atoms with Gasteiger partial charge in [-0.2, -0.15) is 0 Å². The van der Waals surface area contributed by atoms with Crippen LogP contribution in [0.25, 0.3) is 103 Å². The normalized spacial score (nSPS) is 12.3. The molecular formula is C42H23NO2S. The molecular weight excluding hydrogens is 583 g/mol. The molecule has 0 unspecified atom stereocenters. The summed E-state index contributed by atoms with van der Waals surface area (Å²) in [7, 11) is 0.